The summed E-state index contributed by atoms with van der Waals surface area (Å²) in [6, 6.07) is 8.68. The van der Waals surface area contributed by atoms with Crippen LogP contribution >= 0.6 is 0 Å². The van der Waals surface area contributed by atoms with Gasteiger partial charge in [-0.3, -0.25) is 0 Å². The van der Waals surface area contributed by atoms with E-state index in [0.29, 0.717) is 0 Å². The molecule has 94 valence electrons. The second-order valence-electron chi connectivity index (χ2n) is 4.92. The molecule has 0 spiro atoms. The van der Waals surface area contributed by atoms with E-state index in [4.69, 9.17) is 0 Å². The number of nitrogens with one attached hydrogen (secondary N) is 1. The topological polar surface area (TPSA) is 29.9 Å². The van der Waals surface area contributed by atoms with Crippen molar-refractivity contribution in [1.29, 1.82) is 0 Å². The average molecular weight is 241 g/mol. The molecular weight excluding hydrogens is 222 g/mol. The third kappa shape index (κ3) is 2.06. The number of nitrogens with zero attached hydrogens (tertiary/aromatic N) is 2. The Morgan fingerprint density at radius 2 is 2.17 bits per heavy atom. The summed E-state index contributed by atoms with van der Waals surface area (Å²) in [5.74, 6) is 0. The Kier molecular flexibility index (Phi) is 3.15. The van der Waals surface area contributed by atoms with E-state index in [-0.39, 0.29) is 0 Å². The molecule has 0 saturated heterocycles. The second kappa shape index (κ2) is 4.94. The molecule has 1 aromatic heterocycles. The summed E-state index contributed by atoms with van der Waals surface area (Å²) in [5, 5.41) is 3.19. The normalized spacial score (nSPS) is 14.5. The van der Waals surface area contributed by atoms with Gasteiger partial charge in [-0.15, -0.1) is 0 Å². The summed E-state index contributed by atoms with van der Waals surface area (Å²) >= 11 is 0. The minimum atomic E-state index is 0.907. The summed E-state index contributed by atoms with van der Waals surface area (Å²) in [4.78, 5) is 4.56. The molecule has 1 aromatic carbocycles. The lowest BCUT2D eigenvalue weighted by molar-refractivity contribution is 0.656. The largest absolute Gasteiger partial charge is 0.316 e. The SMILES string of the molecule is CNCc1cccc(-n2cnc3c2CCCC3)c1. The Bertz CT molecular complexity index is 542. The minimum absolute atomic E-state index is 0.907. The van der Waals surface area contributed by atoms with Crippen LogP contribution in [0.4, 0.5) is 0 Å². The molecule has 0 atom stereocenters. The van der Waals surface area contributed by atoms with Gasteiger partial charge in [-0.2, -0.15) is 0 Å². The number of hydrogen-bond donors (Lipinski definition) is 1. The lowest BCUT2D eigenvalue weighted by Crippen LogP contribution is -2.08. The number of aryl methyl sites for hydroxylation is 1. The molecule has 2 aromatic rings. The molecule has 1 N–H and O–H groups in total. The smallest absolute Gasteiger partial charge is 0.0997 e. The zero-order valence-electron chi connectivity index (χ0n) is 10.8. The van der Waals surface area contributed by atoms with Crippen LogP contribution in [0.2, 0.25) is 0 Å². The number of hydrogen-bond acceptors (Lipinski definition) is 2. The minimum Gasteiger partial charge on any atom is -0.316 e. The van der Waals surface area contributed by atoms with E-state index in [1.165, 1.54) is 35.5 Å². The fourth-order valence-corrected chi connectivity index (χ4v) is 2.71. The number of benzene rings is 1. The first kappa shape index (κ1) is 11.5. The van der Waals surface area contributed by atoms with Crippen molar-refractivity contribution >= 4 is 0 Å². The molecule has 3 heteroatoms. The first-order valence-electron chi connectivity index (χ1n) is 6.67. The summed E-state index contributed by atoms with van der Waals surface area (Å²) in [6.45, 7) is 0.907. The summed E-state index contributed by atoms with van der Waals surface area (Å²) in [5.41, 5.74) is 5.25. The van der Waals surface area contributed by atoms with Gasteiger partial charge in [-0.05, 0) is 50.4 Å². The quantitative estimate of drug-likeness (QED) is 0.894. The third-order valence-corrected chi connectivity index (χ3v) is 3.60. The van der Waals surface area contributed by atoms with Crippen molar-refractivity contribution in [3.63, 3.8) is 0 Å². The lowest BCUT2D eigenvalue weighted by Gasteiger charge is -2.14. The van der Waals surface area contributed by atoms with Crippen molar-refractivity contribution in [2.24, 2.45) is 0 Å². The van der Waals surface area contributed by atoms with E-state index in [2.05, 4.69) is 39.1 Å². The molecule has 0 saturated carbocycles. The maximum atomic E-state index is 4.56. The van der Waals surface area contributed by atoms with Gasteiger partial charge in [0.15, 0.2) is 0 Å². The van der Waals surface area contributed by atoms with Crippen molar-refractivity contribution in [2.75, 3.05) is 7.05 Å². The Balaban J connectivity index is 1.99. The average Bonchev–Trinajstić information content (AvgIpc) is 2.83. The zero-order valence-corrected chi connectivity index (χ0v) is 10.8. The molecule has 18 heavy (non-hydrogen) atoms. The van der Waals surface area contributed by atoms with E-state index in [1.54, 1.807) is 0 Å². The number of fused-ring (bicyclic) bond motifs is 1. The molecule has 0 aliphatic heterocycles. The van der Waals surface area contributed by atoms with Gasteiger partial charge >= 0.3 is 0 Å². The van der Waals surface area contributed by atoms with Crippen LogP contribution in [0.15, 0.2) is 30.6 Å². The molecule has 3 rings (SSSR count). The first-order valence-corrected chi connectivity index (χ1v) is 6.67. The molecule has 0 radical (unpaired) electrons. The van der Waals surface area contributed by atoms with Crippen molar-refractivity contribution in [1.82, 2.24) is 14.9 Å². The summed E-state index contributed by atoms with van der Waals surface area (Å²) in [7, 11) is 1.98. The van der Waals surface area contributed by atoms with Crippen molar-refractivity contribution in [2.45, 2.75) is 32.2 Å². The van der Waals surface area contributed by atoms with Crippen molar-refractivity contribution < 1.29 is 0 Å². The highest BCUT2D eigenvalue weighted by Gasteiger charge is 2.15. The Morgan fingerprint density at radius 1 is 1.28 bits per heavy atom. The highest BCUT2D eigenvalue weighted by molar-refractivity contribution is 5.39. The molecule has 1 heterocycles. The van der Waals surface area contributed by atoms with Crippen LogP contribution in [-0.4, -0.2) is 16.6 Å². The van der Waals surface area contributed by atoms with E-state index in [9.17, 15) is 0 Å². The molecule has 0 bridgehead atoms. The predicted molar refractivity (Wildman–Crippen MR) is 73.0 cm³/mol. The molecule has 0 amide bonds. The van der Waals surface area contributed by atoms with Gasteiger partial charge in [0, 0.05) is 17.9 Å². The Hall–Kier alpha value is -1.61. The molecule has 1 aliphatic carbocycles. The standard InChI is InChI=1S/C15H19N3/c1-16-10-12-5-4-6-13(9-12)18-11-17-14-7-2-3-8-15(14)18/h4-6,9,11,16H,2-3,7-8,10H2,1H3. The van der Waals surface area contributed by atoms with E-state index in [0.717, 1.165) is 19.4 Å². The maximum Gasteiger partial charge on any atom is 0.0997 e. The highest BCUT2D eigenvalue weighted by Crippen LogP contribution is 2.23. The fraction of sp³-hybridized carbons (Fsp3) is 0.400. The van der Waals surface area contributed by atoms with Crippen LogP contribution in [0.3, 0.4) is 0 Å². The van der Waals surface area contributed by atoms with Gasteiger partial charge in [0.05, 0.1) is 12.0 Å². The van der Waals surface area contributed by atoms with Gasteiger partial charge in [0.2, 0.25) is 0 Å². The first-order chi connectivity index (χ1) is 8.88. The number of imidazole rings is 1. The zero-order chi connectivity index (χ0) is 12.4. The van der Waals surface area contributed by atoms with Crippen LogP contribution in [0.5, 0.6) is 0 Å². The van der Waals surface area contributed by atoms with Crippen molar-refractivity contribution in [3.8, 4) is 5.69 Å². The van der Waals surface area contributed by atoms with Crippen LogP contribution in [0, 0.1) is 0 Å². The van der Waals surface area contributed by atoms with Crippen molar-refractivity contribution in [3.05, 3.63) is 47.5 Å². The summed E-state index contributed by atoms with van der Waals surface area (Å²) in [6.07, 6.45) is 6.84. The number of rotatable bonds is 3. The van der Waals surface area contributed by atoms with Gasteiger partial charge in [-0.1, -0.05) is 12.1 Å². The fourth-order valence-electron chi connectivity index (χ4n) is 2.71. The molecular formula is C15H19N3. The Labute approximate surface area is 108 Å². The monoisotopic (exact) mass is 241 g/mol. The van der Waals surface area contributed by atoms with Gasteiger partial charge in [-0.25, -0.2) is 4.98 Å². The summed E-state index contributed by atoms with van der Waals surface area (Å²) < 4.78 is 2.26. The second-order valence-corrected chi connectivity index (χ2v) is 4.92. The van der Waals surface area contributed by atoms with Crippen LogP contribution < -0.4 is 5.32 Å². The van der Waals surface area contributed by atoms with E-state index < -0.39 is 0 Å². The highest BCUT2D eigenvalue weighted by atomic mass is 15.1. The van der Waals surface area contributed by atoms with E-state index in [1.807, 2.05) is 13.4 Å². The molecule has 0 unspecified atom stereocenters. The Morgan fingerprint density at radius 3 is 3.06 bits per heavy atom. The van der Waals surface area contributed by atoms with Crippen LogP contribution in [-0.2, 0) is 19.4 Å². The maximum absolute atomic E-state index is 4.56. The van der Waals surface area contributed by atoms with Gasteiger partial charge < -0.3 is 9.88 Å². The molecule has 1 aliphatic rings. The molecule has 0 fully saturated rings. The van der Waals surface area contributed by atoms with Crippen LogP contribution in [0.1, 0.15) is 29.8 Å². The third-order valence-electron chi connectivity index (χ3n) is 3.60. The van der Waals surface area contributed by atoms with E-state index >= 15 is 0 Å². The van der Waals surface area contributed by atoms with Gasteiger partial charge in [0.1, 0.15) is 0 Å². The molecule has 3 nitrogen and oxygen atoms in total. The van der Waals surface area contributed by atoms with Gasteiger partial charge in [0.25, 0.3) is 0 Å². The predicted octanol–water partition coefficient (Wildman–Crippen LogP) is 2.47. The van der Waals surface area contributed by atoms with Crippen LogP contribution in [0.25, 0.3) is 5.69 Å². The lowest BCUT2D eigenvalue weighted by atomic mass is 10.0. The number of aromatic nitrogens is 2.